The Kier molecular flexibility index (Phi) is 4.81. The van der Waals surface area contributed by atoms with Crippen molar-refractivity contribution < 1.29 is 14.6 Å². The van der Waals surface area contributed by atoms with E-state index in [4.69, 9.17) is 4.74 Å². The van der Waals surface area contributed by atoms with Crippen LogP contribution in [0.15, 0.2) is 35.7 Å². The molecular formula is C13H15NO3S. The Balaban J connectivity index is 2.07. The summed E-state index contributed by atoms with van der Waals surface area (Å²) in [4.78, 5) is 11.2. The van der Waals surface area contributed by atoms with Gasteiger partial charge in [-0.15, -0.1) is 0 Å². The minimum Gasteiger partial charge on any atom is -0.478 e. The lowest BCUT2D eigenvalue weighted by molar-refractivity contribution is -0.130. The van der Waals surface area contributed by atoms with Gasteiger partial charge in [-0.25, -0.2) is 9.10 Å². The number of carboxylic acid groups (broad SMARTS) is 1. The van der Waals surface area contributed by atoms with Gasteiger partial charge < -0.3 is 9.84 Å². The molecule has 1 saturated heterocycles. The van der Waals surface area contributed by atoms with Gasteiger partial charge in [0.1, 0.15) is 0 Å². The summed E-state index contributed by atoms with van der Waals surface area (Å²) in [6, 6.07) is 9.16. The van der Waals surface area contributed by atoms with E-state index in [1.807, 2.05) is 18.2 Å². The molecule has 0 amide bonds. The molecule has 1 aliphatic rings. The van der Waals surface area contributed by atoms with Crippen LogP contribution in [0.5, 0.6) is 0 Å². The maximum atomic E-state index is 11.2. The fraction of sp³-hybridized carbons (Fsp3) is 0.308. The smallest absolute Gasteiger partial charge is 0.336 e. The van der Waals surface area contributed by atoms with Gasteiger partial charge in [0.2, 0.25) is 0 Å². The molecule has 1 N–H and O–H groups in total. The second kappa shape index (κ2) is 6.58. The molecule has 5 heteroatoms. The largest absolute Gasteiger partial charge is 0.478 e. The van der Waals surface area contributed by atoms with E-state index in [1.165, 1.54) is 11.9 Å². The standard InChI is InChI=1S/C13H15NO3S/c15-13(16)12(11-4-2-1-3-5-11)10-18-14-6-8-17-9-7-14/h1-5,10H,6-9H2,(H,15,16)/b12-10-. The number of benzene rings is 1. The fourth-order valence-corrected chi connectivity index (χ4v) is 2.49. The highest BCUT2D eigenvalue weighted by atomic mass is 32.2. The summed E-state index contributed by atoms with van der Waals surface area (Å²) < 4.78 is 7.35. The minimum absolute atomic E-state index is 0.326. The molecule has 1 aliphatic heterocycles. The first-order valence-electron chi connectivity index (χ1n) is 5.76. The van der Waals surface area contributed by atoms with E-state index in [0.29, 0.717) is 18.8 Å². The maximum Gasteiger partial charge on any atom is 0.336 e. The number of carboxylic acids is 1. The molecule has 18 heavy (non-hydrogen) atoms. The molecule has 1 aromatic rings. The first kappa shape index (κ1) is 13.1. The highest BCUT2D eigenvalue weighted by molar-refractivity contribution is 8.00. The number of carbonyl (C=O) groups is 1. The number of hydrogen-bond donors (Lipinski definition) is 1. The van der Waals surface area contributed by atoms with Crippen molar-refractivity contribution in [3.8, 4) is 0 Å². The lowest BCUT2D eigenvalue weighted by atomic mass is 10.1. The van der Waals surface area contributed by atoms with Gasteiger partial charge in [-0.3, -0.25) is 0 Å². The van der Waals surface area contributed by atoms with E-state index in [2.05, 4.69) is 4.31 Å². The van der Waals surface area contributed by atoms with Gasteiger partial charge in [-0.2, -0.15) is 0 Å². The predicted octanol–water partition coefficient (Wildman–Crippen LogP) is 2.09. The lowest BCUT2D eigenvalue weighted by Gasteiger charge is -2.24. The molecule has 0 radical (unpaired) electrons. The number of aliphatic carboxylic acids is 1. The van der Waals surface area contributed by atoms with Gasteiger partial charge in [0.25, 0.3) is 0 Å². The van der Waals surface area contributed by atoms with Gasteiger partial charge in [0, 0.05) is 18.5 Å². The van der Waals surface area contributed by atoms with Gasteiger partial charge in [-0.1, -0.05) is 30.3 Å². The van der Waals surface area contributed by atoms with Crippen molar-refractivity contribution in [3.05, 3.63) is 41.3 Å². The number of rotatable bonds is 4. The molecule has 1 aromatic carbocycles. The van der Waals surface area contributed by atoms with E-state index < -0.39 is 5.97 Å². The van der Waals surface area contributed by atoms with E-state index >= 15 is 0 Å². The van der Waals surface area contributed by atoms with Gasteiger partial charge in [0.05, 0.1) is 18.8 Å². The summed E-state index contributed by atoms with van der Waals surface area (Å²) in [5, 5.41) is 10.9. The fourth-order valence-electron chi connectivity index (χ4n) is 1.64. The van der Waals surface area contributed by atoms with Crippen molar-refractivity contribution in [2.75, 3.05) is 26.3 Å². The molecule has 96 valence electrons. The summed E-state index contributed by atoms with van der Waals surface area (Å²) in [6.07, 6.45) is 0. The molecular weight excluding hydrogens is 250 g/mol. The minimum atomic E-state index is -0.901. The van der Waals surface area contributed by atoms with Crippen LogP contribution in [0.4, 0.5) is 0 Å². The third-order valence-electron chi connectivity index (χ3n) is 2.60. The summed E-state index contributed by atoms with van der Waals surface area (Å²) in [5.74, 6) is -0.901. The third kappa shape index (κ3) is 3.60. The Bertz CT molecular complexity index is 427. The van der Waals surface area contributed by atoms with Crippen LogP contribution in [0.2, 0.25) is 0 Å². The SMILES string of the molecule is O=C(O)/C(=C\SN1CCOCC1)c1ccccc1. The van der Waals surface area contributed by atoms with Crippen LogP contribution >= 0.6 is 11.9 Å². The van der Waals surface area contributed by atoms with Crippen molar-refractivity contribution in [1.29, 1.82) is 0 Å². The highest BCUT2D eigenvalue weighted by Gasteiger charge is 2.13. The van der Waals surface area contributed by atoms with Gasteiger partial charge in [-0.05, 0) is 17.5 Å². The number of hydrogen-bond acceptors (Lipinski definition) is 4. The zero-order valence-corrected chi connectivity index (χ0v) is 10.7. The van der Waals surface area contributed by atoms with E-state index in [1.54, 1.807) is 17.5 Å². The molecule has 1 heterocycles. The molecule has 0 saturated carbocycles. The van der Waals surface area contributed by atoms with E-state index in [-0.39, 0.29) is 0 Å². The Morgan fingerprint density at radius 1 is 1.28 bits per heavy atom. The number of morpholine rings is 1. The Hall–Kier alpha value is -1.30. The third-order valence-corrected chi connectivity index (χ3v) is 3.61. The van der Waals surface area contributed by atoms with Crippen LogP contribution in [0, 0.1) is 0 Å². The van der Waals surface area contributed by atoms with Gasteiger partial charge in [0.15, 0.2) is 0 Å². The Labute approximate surface area is 110 Å². The Morgan fingerprint density at radius 2 is 1.94 bits per heavy atom. The molecule has 0 spiro atoms. The van der Waals surface area contributed by atoms with Crippen molar-refractivity contribution in [3.63, 3.8) is 0 Å². The topological polar surface area (TPSA) is 49.8 Å². The molecule has 0 atom stereocenters. The molecule has 0 bridgehead atoms. The van der Waals surface area contributed by atoms with Crippen LogP contribution < -0.4 is 0 Å². The normalized spacial score (nSPS) is 17.7. The van der Waals surface area contributed by atoms with E-state index in [9.17, 15) is 9.90 Å². The van der Waals surface area contributed by atoms with Crippen molar-refractivity contribution in [1.82, 2.24) is 4.31 Å². The molecule has 0 aromatic heterocycles. The summed E-state index contributed by atoms with van der Waals surface area (Å²) in [7, 11) is 0. The zero-order valence-electron chi connectivity index (χ0n) is 9.91. The number of nitrogens with zero attached hydrogens (tertiary/aromatic N) is 1. The molecule has 4 nitrogen and oxygen atoms in total. The Morgan fingerprint density at radius 3 is 2.56 bits per heavy atom. The molecule has 0 aliphatic carbocycles. The highest BCUT2D eigenvalue weighted by Crippen LogP contribution is 2.22. The monoisotopic (exact) mass is 265 g/mol. The van der Waals surface area contributed by atoms with Crippen LogP contribution in [-0.4, -0.2) is 41.7 Å². The van der Waals surface area contributed by atoms with Crippen molar-refractivity contribution in [2.24, 2.45) is 0 Å². The number of ether oxygens (including phenoxy) is 1. The van der Waals surface area contributed by atoms with Crippen molar-refractivity contribution in [2.45, 2.75) is 0 Å². The lowest BCUT2D eigenvalue weighted by Crippen LogP contribution is -2.30. The predicted molar refractivity (Wildman–Crippen MR) is 72.0 cm³/mol. The maximum absolute atomic E-state index is 11.2. The summed E-state index contributed by atoms with van der Waals surface area (Å²) in [5.41, 5.74) is 1.05. The summed E-state index contributed by atoms with van der Waals surface area (Å²) in [6.45, 7) is 3.05. The second-order valence-corrected chi connectivity index (χ2v) is 4.81. The van der Waals surface area contributed by atoms with Crippen LogP contribution in [0.1, 0.15) is 5.56 Å². The van der Waals surface area contributed by atoms with Crippen LogP contribution in [-0.2, 0) is 9.53 Å². The molecule has 2 rings (SSSR count). The molecule has 0 unspecified atom stereocenters. The first-order chi connectivity index (χ1) is 8.77. The average Bonchev–Trinajstić information content (AvgIpc) is 2.41. The summed E-state index contributed by atoms with van der Waals surface area (Å²) >= 11 is 1.44. The molecule has 1 fully saturated rings. The first-order valence-corrected chi connectivity index (χ1v) is 6.59. The second-order valence-electron chi connectivity index (χ2n) is 3.85. The van der Waals surface area contributed by atoms with Crippen LogP contribution in [0.3, 0.4) is 0 Å². The van der Waals surface area contributed by atoms with Crippen molar-refractivity contribution >= 4 is 23.5 Å². The quantitative estimate of drug-likeness (QED) is 0.667. The van der Waals surface area contributed by atoms with Gasteiger partial charge >= 0.3 is 5.97 Å². The van der Waals surface area contributed by atoms with E-state index in [0.717, 1.165) is 18.7 Å². The zero-order chi connectivity index (χ0) is 12.8. The average molecular weight is 265 g/mol. The van der Waals surface area contributed by atoms with Crippen LogP contribution in [0.25, 0.3) is 5.57 Å².